The number of nitrogens with zero attached hydrogens (tertiary/aromatic N) is 3. The van der Waals surface area contributed by atoms with E-state index in [9.17, 15) is 13.2 Å². The maximum atomic E-state index is 13.2. The second-order valence-electron chi connectivity index (χ2n) is 7.97. The molecule has 0 unspecified atom stereocenters. The minimum Gasteiger partial charge on any atom is -0.466 e. The summed E-state index contributed by atoms with van der Waals surface area (Å²) in [6.07, 6.45) is 0.433. The van der Waals surface area contributed by atoms with E-state index in [1.807, 2.05) is 29.8 Å². The lowest BCUT2D eigenvalue weighted by Crippen LogP contribution is -2.17. The Morgan fingerprint density at radius 1 is 1.11 bits per heavy atom. The Labute approximate surface area is 203 Å². The van der Waals surface area contributed by atoms with Crippen LogP contribution in [0, 0.1) is 11.3 Å². The number of ether oxygens (including phenoxy) is 1. The highest BCUT2D eigenvalue weighted by Gasteiger charge is 2.21. The summed E-state index contributed by atoms with van der Waals surface area (Å²) in [5, 5.41) is 8.98. The Morgan fingerprint density at radius 3 is 2.57 bits per heavy atom. The fourth-order valence-electron chi connectivity index (χ4n) is 3.84. The predicted octanol–water partition coefficient (Wildman–Crippen LogP) is 3.94. The molecule has 0 radical (unpaired) electrons. The Hall–Kier alpha value is -4.16. The number of esters is 1. The highest BCUT2D eigenvalue weighted by Crippen LogP contribution is 2.25. The van der Waals surface area contributed by atoms with Crippen molar-refractivity contribution in [2.45, 2.75) is 24.7 Å². The Kier molecular flexibility index (Phi) is 6.85. The molecule has 1 N–H and O–H groups in total. The van der Waals surface area contributed by atoms with Crippen molar-refractivity contribution in [3.05, 3.63) is 89.2 Å². The van der Waals surface area contributed by atoms with Gasteiger partial charge >= 0.3 is 5.97 Å². The molecule has 3 aromatic carbocycles. The number of rotatable bonds is 8. The number of hydrogen-bond donors (Lipinski definition) is 1. The molecule has 0 fully saturated rings. The number of nitriles is 1. The second-order valence-corrected chi connectivity index (χ2v) is 9.62. The number of hydrogen-bond acceptors (Lipinski definition) is 6. The molecule has 1 aromatic heterocycles. The van der Waals surface area contributed by atoms with Crippen LogP contribution in [-0.4, -0.2) is 30.5 Å². The number of imidazole rings is 1. The summed E-state index contributed by atoms with van der Waals surface area (Å²) < 4.78 is 35.8. The van der Waals surface area contributed by atoms with Crippen LogP contribution in [0.5, 0.6) is 0 Å². The fourth-order valence-corrected chi connectivity index (χ4v) is 5.13. The van der Waals surface area contributed by atoms with E-state index >= 15 is 0 Å². The minimum absolute atomic E-state index is 0.0238. The summed E-state index contributed by atoms with van der Waals surface area (Å²) >= 11 is 0. The van der Waals surface area contributed by atoms with Crippen LogP contribution in [0.4, 0.5) is 5.69 Å². The first kappa shape index (κ1) is 24.0. The third-order valence-corrected chi connectivity index (χ3v) is 7.05. The SMILES string of the molecule is CCOC(=O)Cc1ccccc1S(=O)(=O)Nc1ccc2c(c1)nc(Cc1ccc(C#N)cc1)n2C. The van der Waals surface area contributed by atoms with E-state index in [1.165, 1.54) is 6.07 Å². The molecular weight excluding hydrogens is 464 g/mol. The summed E-state index contributed by atoms with van der Waals surface area (Å²) in [6, 6.07) is 21.0. The van der Waals surface area contributed by atoms with E-state index in [4.69, 9.17) is 15.0 Å². The average molecular weight is 489 g/mol. The molecule has 4 rings (SSSR count). The topological polar surface area (TPSA) is 114 Å². The van der Waals surface area contributed by atoms with Crippen LogP contribution in [0.15, 0.2) is 71.6 Å². The van der Waals surface area contributed by atoms with E-state index in [0.29, 0.717) is 28.8 Å². The van der Waals surface area contributed by atoms with Crippen molar-refractivity contribution in [3.63, 3.8) is 0 Å². The zero-order valence-electron chi connectivity index (χ0n) is 19.4. The number of aryl methyl sites for hydroxylation is 1. The molecule has 0 saturated heterocycles. The number of carbonyl (C=O) groups excluding carboxylic acids is 1. The maximum Gasteiger partial charge on any atom is 0.310 e. The van der Waals surface area contributed by atoms with Gasteiger partial charge in [0, 0.05) is 13.5 Å². The lowest BCUT2D eigenvalue weighted by molar-refractivity contribution is -0.142. The van der Waals surface area contributed by atoms with Gasteiger partial charge < -0.3 is 9.30 Å². The summed E-state index contributed by atoms with van der Waals surface area (Å²) in [7, 11) is -2.04. The third-order valence-electron chi connectivity index (χ3n) is 5.57. The molecule has 0 saturated carbocycles. The van der Waals surface area contributed by atoms with Crippen molar-refractivity contribution in [1.29, 1.82) is 5.26 Å². The quantitative estimate of drug-likeness (QED) is 0.376. The molecule has 0 aliphatic carbocycles. The van der Waals surface area contributed by atoms with Gasteiger partial charge in [0.1, 0.15) is 5.82 Å². The molecule has 0 atom stereocenters. The van der Waals surface area contributed by atoms with Crippen molar-refractivity contribution >= 4 is 32.7 Å². The van der Waals surface area contributed by atoms with Gasteiger partial charge in [-0.15, -0.1) is 0 Å². The van der Waals surface area contributed by atoms with Gasteiger partial charge in [-0.05, 0) is 54.4 Å². The van der Waals surface area contributed by atoms with Gasteiger partial charge in [0.2, 0.25) is 0 Å². The molecule has 0 spiro atoms. The molecule has 4 aromatic rings. The van der Waals surface area contributed by atoms with E-state index < -0.39 is 16.0 Å². The Bertz CT molecular complexity index is 1530. The maximum absolute atomic E-state index is 13.2. The first-order valence-electron chi connectivity index (χ1n) is 11.0. The Morgan fingerprint density at radius 2 is 1.86 bits per heavy atom. The lowest BCUT2D eigenvalue weighted by atomic mass is 10.1. The van der Waals surface area contributed by atoms with Gasteiger partial charge in [-0.25, -0.2) is 13.4 Å². The first-order valence-corrected chi connectivity index (χ1v) is 12.5. The number of anilines is 1. The molecule has 0 bridgehead atoms. The van der Waals surface area contributed by atoms with Crippen molar-refractivity contribution < 1.29 is 17.9 Å². The van der Waals surface area contributed by atoms with Gasteiger partial charge in [0.25, 0.3) is 10.0 Å². The van der Waals surface area contributed by atoms with Crippen LogP contribution in [0.2, 0.25) is 0 Å². The molecule has 35 heavy (non-hydrogen) atoms. The van der Waals surface area contributed by atoms with Crippen LogP contribution >= 0.6 is 0 Å². The van der Waals surface area contributed by atoms with Crippen molar-refractivity contribution in [1.82, 2.24) is 9.55 Å². The standard InChI is InChI=1S/C26H24N4O4S/c1-3-34-26(31)15-20-6-4-5-7-24(20)35(32,33)29-21-12-13-23-22(16-21)28-25(30(23)2)14-18-8-10-19(17-27)11-9-18/h4-13,16,29H,3,14-15H2,1-2H3. The number of carbonyl (C=O) groups is 1. The van der Waals surface area contributed by atoms with Gasteiger partial charge in [-0.3, -0.25) is 9.52 Å². The van der Waals surface area contributed by atoms with E-state index in [1.54, 1.807) is 49.4 Å². The molecule has 8 nitrogen and oxygen atoms in total. The van der Waals surface area contributed by atoms with E-state index in [0.717, 1.165) is 16.9 Å². The van der Waals surface area contributed by atoms with Gasteiger partial charge in [0.05, 0.1) is 46.3 Å². The zero-order chi connectivity index (χ0) is 25.0. The zero-order valence-corrected chi connectivity index (χ0v) is 20.2. The third kappa shape index (κ3) is 5.34. The molecule has 0 aliphatic heterocycles. The van der Waals surface area contributed by atoms with Crippen molar-refractivity contribution in [3.8, 4) is 6.07 Å². The van der Waals surface area contributed by atoms with Gasteiger partial charge in [-0.1, -0.05) is 30.3 Å². The highest BCUT2D eigenvalue weighted by atomic mass is 32.2. The second kappa shape index (κ2) is 9.99. The normalized spacial score (nSPS) is 11.2. The minimum atomic E-state index is -3.95. The van der Waals surface area contributed by atoms with Gasteiger partial charge in [0.15, 0.2) is 0 Å². The Balaban J connectivity index is 1.59. The fraction of sp³-hybridized carbons (Fsp3) is 0.192. The molecule has 1 heterocycles. The molecule has 9 heteroatoms. The smallest absolute Gasteiger partial charge is 0.310 e. The lowest BCUT2D eigenvalue weighted by Gasteiger charge is -2.12. The molecule has 0 amide bonds. The summed E-state index contributed by atoms with van der Waals surface area (Å²) in [4.78, 5) is 16.6. The van der Waals surface area contributed by atoms with Crippen LogP contribution in [0.1, 0.15) is 29.4 Å². The number of fused-ring (bicyclic) bond motifs is 1. The number of benzene rings is 3. The van der Waals surface area contributed by atoms with Crippen LogP contribution in [0.3, 0.4) is 0 Å². The largest absolute Gasteiger partial charge is 0.466 e. The van der Waals surface area contributed by atoms with E-state index in [2.05, 4.69) is 10.8 Å². The predicted molar refractivity (Wildman–Crippen MR) is 132 cm³/mol. The number of aromatic nitrogens is 2. The van der Waals surface area contributed by atoms with Crippen LogP contribution in [0.25, 0.3) is 11.0 Å². The van der Waals surface area contributed by atoms with Crippen LogP contribution in [-0.2, 0) is 39.4 Å². The van der Waals surface area contributed by atoms with E-state index in [-0.39, 0.29) is 17.9 Å². The summed E-state index contributed by atoms with van der Waals surface area (Å²) in [5.74, 6) is 0.323. The number of sulfonamides is 1. The average Bonchev–Trinajstić information content (AvgIpc) is 3.14. The van der Waals surface area contributed by atoms with Crippen molar-refractivity contribution in [2.75, 3.05) is 11.3 Å². The van der Waals surface area contributed by atoms with Gasteiger partial charge in [-0.2, -0.15) is 5.26 Å². The number of nitrogens with one attached hydrogen (secondary N) is 1. The highest BCUT2D eigenvalue weighted by molar-refractivity contribution is 7.92. The van der Waals surface area contributed by atoms with Crippen molar-refractivity contribution in [2.24, 2.45) is 7.05 Å². The molecule has 0 aliphatic rings. The first-order chi connectivity index (χ1) is 16.8. The summed E-state index contributed by atoms with van der Waals surface area (Å²) in [6.45, 7) is 1.93. The molecular formula is C26H24N4O4S. The van der Waals surface area contributed by atoms with Crippen LogP contribution < -0.4 is 4.72 Å². The molecule has 178 valence electrons. The summed E-state index contributed by atoms with van der Waals surface area (Å²) in [5.41, 5.74) is 3.85. The monoisotopic (exact) mass is 488 g/mol.